The predicted molar refractivity (Wildman–Crippen MR) is 111 cm³/mol. The van der Waals surface area contributed by atoms with Gasteiger partial charge in [-0.3, -0.25) is 9.59 Å². The minimum atomic E-state index is -0.879. The second-order valence-corrected chi connectivity index (χ2v) is 6.51. The van der Waals surface area contributed by atoms with Crippen LogP contribution in [0.2, 0.25) is 0 Å². The Morgan fingerprint density at radius 3 is 1.94 bits per heavy atom. The van der Waals surface area contributed by atoms with Gasteiger partial charge in [0.2, 0.25) is 6.79 Å². The van der Waals surface area contributed by atoms with Gasteiger partial charge < -0.3 is 20.1 Å². The number of para-hydroxylation sites is 3. The number of ether oxygens (including phenoxy) is 2. The van der Waals surface area contributed by atoms with Gasteiger partial charge in [0, 0.05) is 5.56 Å². The third kappa shape index (κ3) is 4.37. The first kappa shape index (κ1) is 20.1. The Hall–Kier alpha value is -4.20. The molecule has 2 amide bonds. The Labute approximate surface area is 176 Å². The van der Waals surface area contributed by atoms with Crippen LogP contribution in [0.3, 0.4) is 0 Å². The van der Waals surface area contributed by atoms with Crippen molar-refractivity contribution >= 4 is 29.3 Å². The molecule has 1 heterocycles. The quantitative estimate of drug-likeness (QED) is 0.364. The van der Waals surface area contributed by atoms with Crippen LogP contribution < -0.4 is 20.1 Å². The maximum atomic E-state index is 14.0. The van der Waals surface area contributed by atoms with Crippen LogP contribution in [0.1, 0.15) is 5.56 Å². The van der Waals surface area contributed by atoms with E-state index in [1.807, 2.05) is 0 Å². The number of carbonyl (C=O) groups is 2. The molecule has 0 bridgehead atoms. The fraction of sp³-hybridized carbons (Fsp3) is 0.0435. The molecule has 0 aliphatic carbocycles. The lowest BCUT2D eigenvalue weighted by Gasteiger charge is -2.12. The Bertz CT molecular complexity index is 1130. The smallest absolute Gasteiger partial charge is 0.261 e. The zero-order chi connectivity index (χ0) is 21.8. The molecule has 0 fully saturated rings. The minimum absolute atomic E-state index is 0.00162. The monoisotopic (exact) mass is 422 g/mol. The molecule has 0 spiro atoms. The highest BCUT2D eigenvalue weighted by atomic mass is 19.1. The van der Waals surface area contributed by atoms with Crippen LogP contribution in [-0.2, 0) is 9.59 Å². The van der Waals surface area contributed by atoms with E-state index in [1.165, 1.54) is 54.6 Å². The van der Waals surface area contributed by atoms with E-state index < -0.39 is 23.4 Å². The first-order valence-corrected chi connectivity index (χ1v) is 9.25. The number of halogens is 2. The lowest BCUT2D eigenvalue weighted by molar-refractivity contribution is -0.118. The number of benzene rings is 3. The molecular weight excluding hydrogens is 406 g/mol. The van der Waals surface area contributed by atoms with E-state index >= 15 is 0 Å². The van der Waals surface area contributed by atoms with Crippen LogP contribution in [-0.4, -0.2) is 18.6 Å². The standard InChI is InChI=1S/C23H16F2N2O4/c24-16-7-1-3-9-18(16)26-22(28)15(23(29)27-19-10-4-2-8-17(19)25)12-14-6-5-11-20-21(14)31-13-30-20/h1-12H,13H2,(H,26,28)(H,27,29). The number of hydrogen-bond donors (Lipinski definition) is 2. The molecule has 3 aromatic carbocycles. The van der Waals surface area contributed by atoms with Crippen molar-refractivity contribution < 1.29 is 27.8 Å². The highest BCUT2D eigenvalue weighted by Gasteiger charge is 2.23. The third-order valence-corrected chi connectivity index (χ3v) is 4.46. The summed E-state index contributed by atoms with van der Waals surface area (Å²) in [5.41, 5.74) is -0.183. The van der Waals surface area contributed by atoms with Crippen molar-refractivity contribution in [3.63, 3.8) is 0 Å². The molecule has 0 atom stereocenters. The largest absolute Gasteiger partial charge is 0.454 e. The molecule has 0 aromatic heterocycles. The Kier molecular flexibility index (Phi) is 5.61. The third-order valence-electron chi connectivity index (χ3n) is 4.46. The fourth-order valence-corrected chi connectivity index (χ4v) is 2.96. The molecule has 1 aliphatic heterocycles. The van der Waals surface area contributed by atoms with Gasteiger partial charge in [0.15, 0.2) is 11.5 Å². The number of carbonyl (C=O) groups excluding carboxylic acids is 2. The van der Waals surface area contributed by atoms with E-state index in [2.05, 4.69) is 10.6 Å². The van der Waals surface area contributed by atoms with Crippen molar-refractivity contribution in [1.29, 1.82) is 0 Å². The topological polar surface area (TPSA) is 76.7 Å². The van der Waals surface area contributed by atoms with Crippen molar-refractivity contribution in [2.24, 2.45) is 0 Å². The predicted octanol–water partition coefficient (Wildman–Crippen LogP) is 4.35. The molecule has 2 N–H and O–H groups in total. The number of rotatable bonds is 5. The van der Waals surface area contributed by atoms with E-state index in [0.717, 1.165) is 0 Å². The number of amides is 2. The van der Waals surface area contributed by atoms with Gasteiger partial charge in [-0.05, 0) is 36.4 Å². The molecule has 1 aliphatic rings. The van der Waals surface area contributed by atoms with E-state index in [9.17, 15) is 18.4 Å². The fourth-order valence-electron chi connectivity index (χ4n) is 2.96. The van der Waals surface area contributed by atoms with Gasteiger partial charge in [0.05, 0.1) is 11.4 Å². The lowest BCUT2D eigenvalue weighted by Crippen LogP contribution is -2.26. The summed E-state index contributed by atoms with van der Waals surface area (Å²) in [6, 6.07) is 16.1. The van der Waals surface area contributed by atoms with E-state index in [1.54, 1.807) is 18.2 Å². The summed E-state index contributed by atoms with van der Waals surface area (Å²) in [6.07, 6.45) is 1.28. The van der Waals surface area contributed by atoms with Crippen LogP contribution in [0.5, 0.6) is 11.5 Å². The molecule has 4 rings (SSSR count). The van der Waals surface area contributed by atoms with Crippen molar-refractivity contribution in [2.45, 2.75) is 0 Å². The lowest BCUT2D eigenvalue weighted by atomic mass is 10.1. The Balaban J connectivity index is 1.71. The average Bonchev–Trinajstić information content (AvgIpc) is 3.25. The number of hydrogen-bond acceptors (Lipinski definition) is 4. The van der Waals surface area contributed by atoms with Gasteiger partial charge in [-0.25, -0.2) is 8.78 Å². The zero-order valence-electron chi connectivity index (χ0n) is 16.0. The Morgan fingerprint density at radius 2 is 1.35 bits per heavy atom. The van der Waals surface area contributed by atoms with Crippen LogP contribution >= 0.6 is 0 Å². The highest BCUT2D eigenvalue weighted by Crippen LogP contribution is 2.36. The molecular formula is C23H16F2N2O4. The zero-order valence-corrected chi connectivity index (χ0v) is 16.0. The average molecular weight is 422 g/mol. The first-order valence-electron chi connectivity index (χ1n) is 9.25. The minimum Gasteiger partial charge on any atom is -0.454 e. The molecule has 3 aromatic rings. The van der Waals surface area contributed by atoms with Gasteiger partial charge in [0.25, 0.3) is 11.8 Å². The maximum Gasteiger partial charge on any atom is 0.261 e. The van der Waals surface area contributed by atoms with E-state index in [4.69, 9.17) is 9.47 Å². The molecule has 0 unspecified atom stereocenters. The normalized spacial score (nSPS) is 11.5. The molecule has 156 valence electrons. The van der Waals surface area contributed by atoms with Gasteiger partial charge in [-0.2, -0.15) is 0 Å². The second kappa shape index (κ2) is 8.66. The molecule has 31 heavy (non-hydrogen) atoms. The summed E-state index contributed by atoms with van der Waals surface area (Å²) in [5.74, 6) is -2.27. The summed E-state index contributed by atoms with van der Waals surface area (Å²) in [6.45, 7) is -0.00162. The molecule has 6 nitrogen and oxygen atoms in total. The van der Waals surface area contributed by atoms with Crippen molar-refractivity contribution in [1.82, 2.24) is 0 Å². The van der Waals surface area contributed by atoms with E-state index in [-0.39, 0.29) is 23.7 Å². The molecule has 8 heteroatoms. The van der Waals surface area contributed by atoms with Gasteiger partial charge in [-0.1, -0.05) is 36.4 Å². The number of nitrogens with one attached hydrogen (secondary N) is 2. The Morgan fingerprint density at radius 1 is 0.774 bits per heavy atom. The summed E-state index contributed by atoms with van der Waals surface area (Å²) in [7, 11) is 0. The van der Waals surface area contributed by atoms with Crippen molar-refractivity contribution in [3.05, 3.63) is 89.5 Å². The number of fused-ring (bicyclic) bond motifs is 1. The maximum absolute atomic E-state index is 14.0. The van der Waals surface area contributed by atoms with Crippen LogP contribution in [0.4, 0.5) is 20.2 Å². The van der Waals surface area contributed by atoms with E-state index in [0.29, 0.717) is 17.1 Å². The summed E-state index contributed by atoms with van der Waals surface area (Å²) >= 11 is 0. The number of anilines is 2. The van der Waals surface area contributed by atoms with Gasteiger partial charge in [-0.15, -0.1) is 0 Å². The van der Waals surface area contributed by atoms with Crippen LogP contribution in [0, 0.1) is 11.6 Å². The molecule has 0 radical (unpaired) electrons. The van der Waals surface area contributed by atoms with Crippen molar-refractivity contribution in [2.75, 3.05) is 17.4 Å². The van der Waals surface area contributed by atoms with Gasteiger partial charge >= 0.3 is 0 Å². The van der Waals surface area contributed by atoms with Crippen molar-refractivity contribution in [3.8, 4) is 11.5 Å². The molecule has 0 saturated carbocycles. The van der Waals surface area contributed by atoms with Gasteiger partial charge in [0.1, 0.15) is 17.2 Å². The SMILES string of the molecule is O=C(Nc1ccccc1F)C(=Cc1cccc2c1OCO2)C(=O)Nc1ccccc1F. The first-order chi connectivity index (χ1) is 15.0. The van der Waals surface area contributed by atoms with Crippen LogP contribution in [0.25, 0.3) is 6.08 Å². The second-order valence-electron chi connectivity index (χ2n) is 6.51. The summed E-state index contributed by atoms with van der Waals surface area (Å²) in [4.78, 5) is 25.8. The highest BCUT2D eigenvalue weighted by molar-refractivity contribution is 6.29. The summed E-state index contributed by atoms with van der Waals surface area (Å²) < 4.78 is 38.7. The summed E-state index contributed by atoms with van der Waals surface area (Å²) in [5, 5.41) is 4.74. The van der Waals surface area contributed by atoms with Crippen LogP contribution in [0.15, 0.2) is 72.3 Å². The molecule has 0 saturated heterocycles.